The van der Waals surface area contributed by atoms with Crippen LogP contribution >= 0.6 is 0 Å². The van der Waals surface area contributed by atoms with Gasteiger partial charge in [-0.25, -0.2) is 5.06 Å². The molecule has 19 heteroatoms. The van der Waals surface area contributed by atoms with Crippen molar-refractivity contribution in [1.82, 2.24) is 10.4 Å². The van der Waals surface area contributed by atoms with E-state index in [4.69, 9.17) is 23.5 Å². The highest BCUT2D eigenvalue weighted by molar-refractivity contribution is 5.95. The molecule has 1 fully saturated rings. The van der Waals surface area contributed by atoms with Crippen molar-refractivity contribution in [2.75, 3.05) is 33.4 Å². The number of aliphatic hydroxyl groups excluding tert-OH is 5. The summed E-state index contributed by atoms with van der Waals surface area (Å²) in [6, 6.07) is 14.8. The number of unbranched alkanes of at least 4 members (excludes halogenated alkanes) is 1. The van der Waals surface area contributed by atoms with Crippen LogP contribution in [0.4, 0.5) is 0 Å². The molecule has 65 heavy (non-hydrogen) atoms. The van der Waals surface area contributed by atoms with Crippen molar-refractivity contribution >= 4 is 34.8 Å². The molecule has 1 saturated heterocycles. The second kappa shape index (κ2) is 20.0. The third-order valence-electron chi connectivity index (χ3n) is 11.5. The number of nitrogens with one attached hydrogen (secondary N) is 1. The minimum Gasteiger partial charge on any atom is -0.508 e. The Labute approximate surface area is 371 Å². The number of fused-ring (bicyclic) bond motifs is 2. The van der Waals surface area contributed by atoms with E-state index < -0.39 is 79.0 Å². The number of hydrogen-bond donors (Lipinski definition) is 9. The maximum Gasteiger partial charge on any atom is 0.324 e. The number of allylic oxidation sites excluding steroid dienone is 1. The predicted octanol–water partition coefficient (Wildman–Crippen LogP) is 1.51. The molecular formula is C46H51N3O16. The zero-order valence-corrected chi connectivity index (χ0v) is 35.4. The monoisotopic (exact) mass is 901 g/mol. The lowest BCUT2D eigenvalue weighted by molar-refractivity contribution is -0.372. The number of rotatable bonds is 19. The standard InChI is InChI=1S/C46H51N3O16/c1-24-17-25(5-3-4-15-50)19-28(18-24)37-36-27(12-14-48-36)21-49(37)65-41-39(55)40(56)42(46(60,23-52)64-44(59)35(43(57)58)33(47-2)13-16-51)63-45(41)62-30-10-11-31-34(20-30)61-22-32(38(31)54)26-6-8-29(53)9-7-26/h6-12,14,17-20,22,33,35,39-42,45,47,50-53,55-56,60H,3-5,13,15-16,21,23H2,1-2H3,(H,57,58)/t33-,35+,39-,40-,41+,42-,45+,46-/m1/s1. The van der Waals surface area contributed by atoms with Gasteiger partial charge in [-0.3, -0.25) is 24.2 Å². The zero-order valence-electron chi connectivity index (χ0n) is 35.4. The number of aliphatic hydroxyl groups is 6. The first-order chi connectivity index (χ1) is 31.2. The van der Waals surface area contributed by atoms with Gasteiger partial charge in [-0.1, -0.05) is 23.8 Å². The van der Waals surface area contributed by atoms with E-state index in [1.54, 1.807) is 24.4 Å². The van der Waals surface area contributed by atoms with E-state index in [2.05, 4.69) is 10.3 Å². The van der Waals surface area contributed by atoms with E-state index in [0.717, 1.165) is 23.1 Å². The van der Waals surface area contributed by atoms with Crippen molar-refractivity contribution in [3.63, 3.8) is 0 Å². The Bertz CT molecular complexity index is 2540. The van der Waals surface area contributed by atoms with Crippen LogP contribution in [0.25, 0.3) is 27.8 Å². The number of aromatic hydroxyl groups is 1. The van der Waals surface area contributed by atoms with E-state index in [9.17, 15) is 55.2 Å². The van der Waals surface area contributed by atoms with Gasteiger partial charge in [-0.05, 0) is 93.3 Å². The van der Waals surface area contributed by atoms with Gasteiger partial charge in [-0.2, -0.15) is 0 Å². The Balaban J connectivity index is 1.25. The molecule has 7 rings (SSSR count). The average molecular weight is 902 g/mol. The van der Waals surface area contributed by atoms with E-state index in [1.807, 2.05) is 25.1 Å². The van der Waals surface area contributed by atoms with Crippen molar-refractivity contribution in [3.05, 3.63) is 111 Å². The smallest absolute Gasteiger partial charge is 0.324 e. The Morgan fingerprint density at radius 3 is 2.46 bits per heavy atom. The quantitative estimate of drug-likeness (QED) is 0.0279. The number of nitrogens with zero attached hydrogens (tertiary/aromatic N) is 2. The first-order valence-corrected chi connectivity index (χ1v) is 20.9. The highest BCUT2D eigenvalue weighted by Crippen LogP contribution is 2.41. The molecule has 9 N–H and O–H groups in total. The van der Waals surface area contributed by atoms with E-state index in [-0.39, 0.29) is 47.6 Å². The molecule has 3 aromatic carbocycles. The number of aliphatic imine (C=N–C) groups is 1. The molecule has 0 radical (unpaired) electrons. The molecule has 0 unspecified atom stereocenters. The number of hydrogen-bond acceptors (Lipinski definition) is 18. The summed E-state index contributed by atoms with van der Waals surface area (Å²) in [5.74, 6) is -8.51. The topological polar surface area (TPSA) is 291 Å². The first kappa shape index (κ1) is 47.0. The number of phenolic OH excluding ortho intramolecular Hbond substituents is 1. The highest BCUT2D eigenvalue weighted by atomic mass is 16.8. The number of esters is 1. The van der Waals surface area contributed by atoms with Gasteiger partial charge in [0.1, 0.15) is 42.2 Å². The largest absolute Gasteiger partial charge is 0.508 e. The van der Waals surface area contributed by atoms with Crippen LogP contribution in [0, 0.1) is 12.8 Å². The molecular weight excluding hydrogens is 851 g/mol. The summed E-state index contributed by atoms with van der Waals surface area (Å²) >= 11 is 0. The summed E-state index contributed by atoms with van der Waals surface area (Å²) in [4.78, 5) is 50.4. The molecule has 3 aliphatic rings. The minimum atomic E-state index is -3.21. The number of carbonyl (C=O) groups is 2. The number of phenols is 1. The summed E-state index contributed by atoms with van der Waals surface area (Å²) in [6.07, 6.45) is -3.50. The maximum atomic E-state index is 13.6. The first-order valence-electron chi connectivity index (χ1n) is 20.9. The maximum absolute atomic E-state index is 13.6. The fourth-order valence-corrected chi connectivity index (χ4v) is 8.20. The molecule has 1 aromatic heterocycles. The Hall–Kier alpha value is -6.00. The Kier molecular flexibility index (Phi) is 14.5. The van der Waals surface area contributed by atoms with Crippen LogP contribution in [0.2, 0.25) is 0 Å². The highest BCUT2D eigenvalue weighted by Gasteiger charge is 2.58. The van der Waals surface area contributed by atoms with Crippen LogP contribution in [0.5, 0.6) is 11.5 Å². The average Bonchev–Trinajstić information content (AvgIpc) is 3.87. The summed E-state index contributed by atoms with van der Waals surface area (Å²) < 4.78 is 23.4. The number of benzene rings is 3. The van der Waals surface area contributed by atoms with E-state index >= 15 is 0 Å². The van der Waals surface area contributed by atoms with Gasteiger partial charge in [0.05, 0.1) is 28.9 Å². The van der Waals surface area contributed by atoms with Gasteiger partial charge in [0.2, 0.25) is 6.29 Å². The molecule has 8 atom stereocenters. The molecule has 3 aliphatic heterocycles. The van der Waals surface area contributed by atoms with Gasteiger partial charge in [0, 0.05) is 42.7 Å². The zero-order chi connectivity index (χ0) is 46.6. The van der Waals surface area contributed by atoms with Gasteiger partial charge in [-0.15, -0.1) is 0 Å². The second-order valence-electron chi connectivity index (χ2n) is 16.0. The van der Waals surface area contributed by atoms with Gasteiger partial charge >= 0.3 is 11.9 Å². The fraction of sp³-hybridized carbons (Fsp3) is 0.391. The normalized spacial score (nSPS) is 22.4. The predicted molar refractivity (Wildman–Crippen MR) is 231 cm³/mol. The summed E-state index contributed by atoms with van der Waals surface area (Å²) in [5, 5.41) is 88.7. The van der Waals surface area contributed by atoms with Crippen molar-refractivity contribution in [2.24, 2.45) is 10.9 Å². The minimum absolute atomic E-state index is 0.00832. The molecule has 0 aliphatic carbocycles. The number of aliphatic carboxylic acids is 1. The van der Waals surface area contributed by atoms with E-state index in [0.29, 0.717) is 35.4 Å². The number of hydroxylamine groups is 2. The number of ether oxygens (including phenoxy) is 3. The van der Waals surface area contributed by atoms with Crippen molar-refractivity contribution in [1.29, 1.82) is 0 Å². The molecule has 0 amide bonds. The van der Waals surface area contributed by atoms with Crippen LogP contribution in [0.3, 0.4) is 0 Å². The van der Waals surface area contributed by atoms with Crippen LogP contribution in [-0.4, -0.2) is 140 Å². The molecule has 0 saturated carbocycles. The Morgan fingerprint density at radius 2 is 1.77 bits per heavy atom. The van der Waals surface area contributed by atoms with Gasteiger partial charge < -0.3 is 64.8 Å². The number of carbonyl (C=O) groups excluding carboxylic acids is 1. The van der Waals surface area contributed by atoms with E-state index in [1.165, 1.54) is 48.7 Å². The number of carboxylic acid groups (broad SMARTS) is 1. The summed E-state index contributed by atoms with van der Waals surface area (Å²) in [5.41, 5.74) is 4.80. The van der Waals surface area contributed by atoms with Gasteiger partial charge in [0.15, 0.2) is 23.6 Å². The number of carboxylic acids is 1. The lowest BCUT2D eigenvalue weighted by Gasteiger charge is -2.47. The third kappa shape index (κ3) is 9.83. The van der Waals surface area contributed by atoms with Crippen LogP contribution < -0.4 is 15.5 Å². The van der Waals surface area contributed by atoms with Crippen LogP contribution in [0.1, 0.15) is 36.0 Å². The molecule has 0 spiro atoms. The fourth-order valence-electron chi connectivity index (χ4n) is 8.20. The van der Waals surface area contributed by atoms with Gasteiger partial charge in [0.25, 0.3) is 5.79 Å². The van der Waals surface area contributed by atoms with Crippen LogP contribution in [0.15, 0.2) is 98.5 Å². The molecule has 4 aromatic rings. The summed E-state index contributed by atoms with van der Waals surface area (Å²) in [6.45, 7) is 0.106. The SMILES string of the molecule is CN[C@H](CCO)[C@@H](C(=O)O)C(=O)O[C@](O)(CO)[C@@H]1O[C@H](Oc2ccc3c(=O)c(-c4ccc(O)cc4)coc3c2)[C@@H](ON2CC3=CC=NC3=C2c2cc(C)cc(CCCCO)c2)[C@H](O)[C@H]1O. The van der Waals surface area contributed by atoms with Crippen molar-refractivity contribution < 1.29 is 73.9 Å². The molecule has 346 valence electrons. The molecule has 19 nitrogen and oxygen atoms in total. The van der Waals surface area contributed by atoms with Crippen LogP contribution in [-0.2, 0) is 30.3 Å². The molecule has 0 bridgehead atoms. The van der Waals surface area contributed by atoms with Crippen molar-refractivity contribution in [3.8, 4) is 22.6 Å². The molecule has 4 heterocycles. The lowest BCUT2D eigenvalue weighted by Crippen LogP contribution is -2.68. The lowest BCUT2D eigenvalue weighted by atomic mass is 9.92. The second-order valence-corrected chi connectivity index (χ2v) is 16.0. The number of aryl methyl sites for hydroxylation is 2. The third-order valence-corrected chi connectivity index (χ3v) is 11.5. The Morgan fingerprint density at radius 1 is 1.00 bits per heavy atom. The van der Waals surface area contributed by atoms with Crippen molar-refractivity contribution in [2.45, 2.75) is 75.1 Å². The summed E-state index contributed by atoms with van der Waals surface area (Å²) in [7, 11) is 1.34.